The van der Waals surface area contributed by atoms with Crippen molar-refractivity contribution in [3.05, 3.63) is 48.2 Å². The van der Waals surface area contributed by atoms with Crippen molar-refractivity contribution in [1.29, 1.82) is 0 Å². The monoisotopic (exact) mass is 424 g/mol. The van der Waals surface area contributed by atoms with Crippen LogP contribution < -0.4 is 15.2 Å². The van der Waals surface area contributed by atoms with Gasteiger partial charge in [-0.05, 0) is 77.9 Å². The molecule has 0 bridgehead atoms. The molecule has 31 heavy (non-hydrogen) atoms. The van der Waals surface area contributed by atoms with Crippen LogP contribution in [0.1, 0.15) is 40.3 Å². The van der Waals surface area contributed by atoms with Crippen molar-refractivity contribution in [1.82, 2.24) is 10.1 Å². The van der Waals surface area contributed by atoms with Crippen LogP contribution in [0.5, 0.6) is 11.5 Å². The van der Waals surface area contributed by atoms with Crippen molar-refractivity contribution in [3.63, 3.8) is 0 Å². The van der Waals surface area contributed by atoms with Crippen LogP contribution in [0.2, 0.25) is 0 Å². The molecule has 0 radical (unpaired) electrons. The van der Waals surface area contributed by atoms with E-state index in [2.05, 4.69) is 10.5 Å². The van der Waals surface area contributed by atoms with Gasteiger partial charge in [0.15, 0.2) is 5.58 Å². The minimum absolute atomic E-state index is 0.467. The number of fused-ring (bicyclic) bond motifs is 1. The van der Waals surface area contributed by atoms with E-state index in [-0.39, 0.29) is 0 Å². The van der Waals surface area contributed by atoms with Crippen molar-refractivity contribution in [2.24, 2.45) is 0 Å². The van der Waals surface area contributed by atoms with E-state index in [1.54, 1.807) is 58.9 Å². The first-order valence-corrected chi connectivity index (χ1v) is 9.87. The zero-order valence-electron chi connectivity index (χ0n) is 18.5. The molecular weight excluding hydrogens is 398 g/mol. The first-order chi connectivity index (χ1) is 14.4. The number of rotatable bonds is 5. The second-order valence-corrected chi connectivity index (χ2v) is 8.81. The first-order valence-electron chi connectivity index (χ1n) is 9.87. The van der Waals surface area contributed by atoms with Gasteiger partial charge in [-0.1, -0.05) is 11.2 Å². The summed E-state index contributed by atoms with van der Waals surface area (Å²) >= 11 is 0. The summed E-state index contributed by atoms with van der Waals surface area (Å²) in [7, 11) is 0. The second kappa shape index (κ2) is 7.94. The number of benzene rings is 2. The van der Waals surface area contributed by atoms with Crippen LogP contribution >= 0.6 is 0 Å². The van der Waals surface area contributed by atoms with Crippen molar-refractivity contribution in [2.75, 3.05) is 5.32 Å². The van der Waals surface area contributed by atoms with Crippen molar-refractivity contribution < 1.29 is 24.0 Å². The van der Waals surface area contributed by atoms with Gasteiger partial charge in [0.1, 0.15) is 23.1 Å². The van der Waals surface area contributed by atoms with Crippen LogP contribution in [0.25, 0.3) is 11.0 Å². The lowest BCUT2D eigenvalue weighted by molar-refractivity contribution is -0.276. The number of amides is 2. The predicted molar refractivity (Wildman–Crippen MR) is 115 cm³/mol. The first kappa shape index (κ1) is 22.1. The van der Waals surface area contributed by atoms with Gasteiger partial charge in [0.2, 0.25) is 5.91 Å². The zero-order chi connectivity index (χ0) is 23.0. The maximum atomic E-state index is 12.9. The molecule has 1 N–H and O–H groups in total. The molecule has 2 amide bonds. The number of hydrogen-bond donors (Lipinski definition) is 1. The molecule has 8 heteroatoms. The third-order valence-corrected chi connectivity index (χ3v) is 4.94. The van der Waals surface area contributed by atoms with E-state index < -0.39 is 23.1 Å². The highest BCUT2D eigenvalue weighted by Gasteiger charge is 2.40. The fourth-order valence-electron chi connectivity index (χ4n) is 3.65. The molecule has 2 aromatic carbocycles. The van der Waals surface area contributed by atoms with Crippen LogP contribution in [-0.2, 0) is 4.79 Å². The van der Waals surface area contributed by atoms with Crippen molar-refractivity contribution in [2.45, 2.75) is 52.6 Å². The van der Waals surface area contributed by atoms with Crippen LogP contribution in [0, 0.1) is 6.92 Å². The number of carbonyl (C=O) groups excluding carboxylic acids is 2. The molecule has 0 aliphatic carbocycles. The summed E-state index contributed by atoms with van der Waals surface area (Å²) in [5.41, 5.74) is -0.269. The fraction of sp³-hybridized carbons (Fsp3) is 0.348. The predicted octanol–water partition coefficient (Wildman–Crippen LogP) is 4.09. The van der Waals surface area contributed by atoms with Gasteiger partial charge >= 0.3 is 0 Å². The van der Waals surface area contributed by atoms with Gasteiger partial charge in [-0.3, -0.25) is 4.79 Å². The molecule has 8 nitrogen and oxygen atoms in total. The fourth-order valence-corrected chi connectivity index (χ4v) is 3.65. The molecule has 0 saturated carbocycles. The Morgan fingerprint density at radius 3 is 2.29 bits per heavy atom. The number of hydrogen-bond acceptors (Lipinski definition) is 6. The minimum atomic E-state index is -1.41. The third-order valence-electron chi connectivity index (χ3n) is 4.94. The van der Waals surface area contributed by atoms with Gasteiger partial charge in [-0.25, -0.2) is 0 Å². The number of carbonyl (C=O) groups is 2. The lowest BCUT2D eigenvalue weighted by Crippen LogP contribution is -2.65. The summed E-state index contributed by atoms with van der Waals surface area (Å²) in [6, 6.07) is 12.3. The molecule has 0 aliphatic rings. The molecule has 0 unspecified atom stereocenters. The molecule has 3 rings (SSSR count). The quantitative estimate of drug-likeness (QED) is 0.661. The summed E-state index contributed by atoms with van der Waals surface area (Å²) in [5.74, 6) is 0.713. The van der Waals surface area contributed by atoms with E-state index >= 15 is 0 Å². The molecule has 0 aliphatic heterocycles. The summed E-state index contributed by atoms with van der Waals surface area (Å²) in [6.07, 6.45) is -1.41. The highest BCUT2D eigenvalue weighted by molar-refractivity contribution is 5.99. The lowest BCUT2D eigenvalue weighted by atomic mass is 9.94. The molecule has 1 aromatic heterocycles. The number of ether oxygens (including phenoxy) is 1. The topological polar surface area (TPSA) is 108 Å². The number of carboxylic acid groups (broad SMARTS) is 1. The Kier molecular flexibility index (Phi) is 5.67. The third kappa shape index (κ3) is 4.47. The average Bonchev–Trinajstić information content (AvgIpc) is 3.03. The Bertz CT molecular complexity index is 1110. The van der Waals surface area contributed by atoms with Gasteiger partial charge in [0.25, 0.3) is 0 Å². The Morgan fingerprint density at radius 2 is 1.71 bits per heavy atom. The SMILES string of the molecule is Cc1noc2cccc(Oc3ccc(NC(=O)C(C)(C)N(C(=O)[O-])C(C)(C)C)cc3)c12. The number of nitrogens with zero attached hydrogens (tertiary/aromatic N) is 2. The summed E-state index contributed by atoms with van der Waals surface area (Å²) in [6.45, 7) is 10.1. The van der Waals surface area contributed by atoms with Crippen molar-refractivity contribution in [3.8, 4) is 11.5 Å². The standard InChI is InChI=1S/C23H27N3O5/c1-14-19-17(8-7-9-18(19)31-25-14)30-16-12-10-15(11-13-16)24-20(27)23(5,6)26(21(28)29)22(2,3)4/h7-13H,1-6H3,(H,24,27)(H,28,29)/p-1. The minimum Gasteiger partial charge on any atom is -0.530 e. The lowest BCUT2D eigenvalue weighted by Gasteiger charge is -2.47. The van der Waals surface area contributed by atoms with Crippen LogP contribution in [0.4, 0.5) is 10.5 Å². The van der Waals surface area contributed by atoms with Gasteiger partial charge in [0.05, 0.1) is 11.1 Å². The average molecular weight is 424 g/mol. The molecule has 0 fully saturated rings. The van der Waals surface area contributed by atoms with Crippen molar-refractivity contribution >= 4 is 28.7 Å². The van der Waals surface area contributed by atoms with E-state index in [1.165, 1.54) is 0 Å². The smallest absolute Gasteiger partial charge is 0.249 e. The Morgan fingerprint density at radius 1 is 1.06 bits per heavy atom. The molecule has 0 atom stereocenters. The number of anilines is 1. The van der Waals surface area contributed by atoms with Crippen LogP contribution in [0.15, 0.2) is 47.0 Å². The largest absolute Gasteiger partial charge is 0.530 e. The van der Waals surface area contributed by atoms with Gasteiger partial charge < -0.3 is 29.4 Å². The zero-order valence-corrected chi connectivity index (χ0v) is 18.5. The van der Waals surface area contributed by atoms with Gasteiger partial charge in [-0.15, -0.1) is 0 Å². The van der Waals surface area contributed by atoms with E-state index in [1.807, 2.05) is 25.1 Å². The Labute approximate surface area is 180 Å². The molecule has 3 aromatic rings. The maximum absolute atomic E-state index is 12.9. The van der Waals surface area contributed by atoms with Gasteiger partial charge in [-0.2, -0.15) is 0 Å². The Hall–Kier alpha value is -3.55. The maximum Gasteiger partial charge on any atom is 0.249 e. The molecule has 164 valence electrons. The Balaban J connectivity index is 1.76. The normalized spacial score (nSPS) is 11.9. The van der Waals surface area contributed by atoms with E-state index in [9.17, 15) is 14.7 Å². The van der Waals surface area contributed by atoms with E-state index in [0.29, 0.717) is 22.8 Å². The molecule has 0 saturated heterocycles. The highest BCUT2D eigenvalue weighted by atomic mass is 16.5. The summed E-state index contributed by atoms with van der Waals surface area (Å²) in [5, 5.41) is 19.2. The molecule has 1 heterocycles. The second-order valence-electron chi connectivity index (χ2n) is 8.81. The number of nitrogens with one attached hydrogen (secondary N) is 1. The van der Waals surface area contributed by atoms with Crippen LogP contribution in [0.3, 0.4) is 0 Å². The molecule has 0 spiro atoms. The van der Waals surface area contributed by atoms with Crippen LogP contribution in [-0.4, -0.2) is 33.1 Å². The highest BCUT2D eigenvalue weighted by Crippen LogP contribution is 2.33. The molecular formula is C23H26N3O5-. The van der Waals surface area contributed by atoms with E-state index in [0.717, 1.165) is 16.0 Å². The van der Waals surface area contributed by atoms with Gasteiger partial charge in [0, 0.05) is 11.2 Å². The summed E-state index contributed by atoms with van der Waals surface area (Å²) < 4.78 is 11.2. The number of aromatic nitrogens is 1. The summed E-state index contributed by atoms with van der Waals surface area (Å²) in [4.78, 5) is 25.6. The number of aryl methyl sites for hydroxylation is 1. The van der Waals surface area contributed by atoms with E-state index in [4.69, 9.17) is 9.26 Å².